The van der Waals surface area contributed by atoms with Crippen molar-refractivity contribution in [2.75, 3.05) is 20.3 Å². The van der Waals surface area contributed by atoms with E-state index in [0.717, 1.165) is 0 Å². The number of ether oxygens (including phenoxy) is 1. The molecule has 5 heteroatoms. The SMILES string of the molecule is COCCN1C(=O)C(C(C)C)NC1c1cccs1. The molecule has 4 nitrogen and oxygen atoms in total. The third-order valence-corrected chi connectivity index (χ3v) is 4.14. The summed E-state index contributed by atoms with van der Waals surface area (Å²) in [5, 5.41) is 5.47. The van der Waals surface area contributed by atoms with Crippen molar-refractivity contribution in [2.24, 2.45) is 5.92 Å². The lowest BCUT2D eigenvalue weighted by atomic mass is 10.1. The molecule has 2 atom stereocenters. The second-order valence-electron chi connectivity index (χ2n) is 4.83. The second kappa shape index (κ2) is 5.82. The fourth-order valence-electron chi connectivity index (χ4n) is 2.23. The van der Waals surface area contributed by atoms with Crippen LogP contribution in [0, 0.1) is 5.92 Å². The Morgan fingerprint density at radius 1 is 1.56 bits per heavy atom. The molecular weight excluding hydrogens is 248 g/mol. The predicted molar refractivity (Wildman–Crippen MR) is 72.4 cm³/mol. The number of rotatable bonds is 5. The molecule has 2 heterocycles. The minimum Gasteiger partial charge on any atom is -0.383 e. The molecular formula is C13H20N2O2S. The zero-order chi connectivity index (χ0) is 13.1. The average Bonchev–Trinajstić information content (AvgIpc) is 2.94. The number of carbonyl (C=O) groups is 1. The van der Waals surface area contributed by atoms with Crippen molar-refractivity contribution >= 4 is 17.2 Å². The Morgan fingerprint density at radius 2 is 2.33 bits per heavy atom. The summed E-state index contributed by atoms with van der Waals surface area (Å²) in [5.41, 5.74) is 0. The number of thiophene rings is 1. The van der Waals surface area contributed by atoms with Crippen molar-refractivity contribution in [2.45, 2.75) is 26.1 Å². The summed E-state index contributed by atoms with van der Waals surface area (Å²) in [6.45, 7) is 5.34. The van der Waals surface area contributed by atoms with Crippen molar-refractivity contribution in [1.82, 2.24) is 10.2 Å². The van der Waals surface area contributed by atoms with E-state index in [4.69, 9.17) is 4.74 Å². The van der Waals surface area contributed by atoms with E-state index in [2.05, 4.69) is 25.2 Å². The van der Waals surface area contributed by atoms with Gasteiger partial charge in [-0.15, -0.1) is 11.3 Å². The highest BCUT2D eigenvalue weighted by Gasteiger charge is 2.40. The third kappa shape index (κ3) is 2.58. The first-order valence-corrected chi connectivity index (χ1v) is 7.12. The first kappa shape index (κ1) is 13.5. The van der Waals surface area contributed by atoms with Gasteiger partial charge in [0.25, 0.3) is 0 Å². The van der Waals surface area contributed by atoms with Crippen LogP contribution in [0.1, 0.15) is 24.9 Å². The van der Waals surface area contributed by atoms with Crippen molar-refractivity contribution < 1.29 is 9.53 Å². The maximum atomic E-state index is 12.4. The van der Waals surface area contributed by atoms with Gasteiger partial charge >= 0.3 is 0 Å². The Kier molecular flexibility index (Phi) is 4.37. The van der Waals surface area contributed by atoms with Crippen LogP contribution in [0.15, 0.2) is 17.5 Å². The summed E-state index contributed by atoms with van der Waals surface area (Å²) in [6, 6.07) is 4.00. The maximum absolute atomic E-state index is 12.4. The van der Waals surface area contributed by atoms with Crippen LogP contribution in [0.25, 0.3) is 0 Å². The molecule has 1 fully saturated rings. The van der Waals surface area contributed by atoms with Crippen LogP contribution in [-0.4, -0.2) is 37.1 Å². The fraction of sp³-hybridized carbons (Fsp3) is 0.615. The standard InChI is InChI=1S/C13H20N2O2S/c1-9(2)11-13(16)15(6-7-17-3)12(14-11)10-5-4-8-18-10/h4-5,8-9,11-12,14H,6-7H2,1-3H3. The van der Waals surface area contributed by atoms with E-state index in [-0.39, 0.29) is 18.1 Å². The van der Waals surface area contributed by atoms with Crippen LogP contribution in [0.2, 0.25) is 0 Å². The molecule has 0 aromatic carbocycles. The topological polar surface area (TPSA) is 41.6 Å². The molecule has 0 saturated carbocycles. The van der Waals surface area contributed by atoms with E-state index in [1.54, 1.807) is 18.4 Å². The highest BCUT2D eigenvalue weighted by Crippen LogP contribution is 2.30. The van der Waals surface area contributed by atoms with Gasteiger partial charge < -0.3 is 9.64 Å². The van der Waals surface area contributed by atoms with Gasteiger partial charge in [0.1, 0.15) is 6.17 Å². The summed E-state index contributed by atoms with van der Waals surface area (Å²) in [5.74, 6) is 0.480. The number of nitrogens with zero attached hydrogens (tertiary/aromatic N) is 1. The van der Waals surface area contributed by atoms with E-state index in [0.29, 0.717) is 19.1 Å². The molecule has 1 aromatic heterocycles. The van der Waals surface area contributed by atoms with Gasteiger partial charge in [0.15, 0.2) is 0 Å². The minimum absolute atomic E-state index is 0.0000463. The van der Waals surface area contributed by atoms with Gasteiger partial charge in [0.2, 0.25) is 5.91 Å². The molecule has 1 aliphatic heterocycles. The molecule has 2 rings (SSSR count). The van der Waals surface area contributed by atoms with E-state index >= 15 is 0 Å². The molecule has 1 N–H and O–H groups in total. The Morgan fingerprint density at radius 3 is 2.89 bits per heavy atom. The minimum atomic E-state index is -0.0889. The quantitative estimate of drug-likeness (QED) is 0.886. The van der Waals surface area contributed by atoms with Crippen LogP contribution in [-0.2, 0) is 9.53 Å². The first-order valence-electron chi connectivity index (χ1n) is 6.24. The monoisotopic (exact) mass is 268 g/mol. The Labute approximate surface area is 112 Å². The van der Waals surface area contributed by atoms with Crippen molar-refractivity contribution in [1.29, 1.82) is 0 Å². The molecule has 0 bridgehead atoms. The summed E-state index contributed by atoms with van der Waals surface area (Å²) in [6.07, 6.45) is 0.0000463. The van der Waals surface area contributed by atoms with Gasteiger partial charge in [-0.1, -0.05) is 19.9 Å². The zero-order valence-electron chi connectivity index (χ0n) is 11.1. The maximum Gasteiger partial charge on any atom is 0.241 e. The molecule has 1 aromatic rings. The highest BCUT2D eigenvalue weighted by molar-refractivity contribution is 7.10. The summed E-state index contributed by atoms with van der Waals surface area (Å²) >= 11 is 1.68. The molecule has 1 saturated heterocycles. The Hall–Kier alpha value is -0.910. The normalized spacial score (nSPS) is 24.2. The van der Waals surface area contributed by atoms with Crippen LogP contribution in [0.4, 0.5) is 0 Å². The van der Waals surface area contributed by atoms with E-state index in [1.807, 2.05) is 16.3 Å². The van der Waals surface area contributed by atoms with Gasteiger partial charge in [-0.2, -0.15) is 0 Å². The molecule has 1 aliphatic rings. The number of amides is 1. The fourth-order valence-corrected chi connectivity index (χ4v) is 3.02. The number of nitrogens with one attached hydrogen (secondary N) is 1. The van der Waals surface area contributed by atoms with Crippen molar-refractivity contribution in [3.05, 3.63) is 22.4 Å². The van der Waals surface area contributed by atoms with Crippen LogP contribution < -0.4 is 5.32 Å². The average molecular weight is 268 g/mol. The number of hydrogen-bond donors (Lipinski definition) is 1. The number of carbonyl (C=O) groups excluding carboxylic acids is 1. The molecule has 2 unspecified atom stereocenters. The van der Waals surface area contributed by atoms with Crippen molar-refractivity contribution in [3.63, 3.8) is 0 Å². The predicted octanol–water partition coefficient (Wildman–Crippen LogP) is 1.85. The lowest BCUT2D eigenvalue weighted by molar-refractivity contribution is -0.131. The van der Waals surface area contributed by atoms with Crippen LogP contribution in [0.3, 0.4) is 0 Å². The lowest BCUT2D eigenvalue weighted by Gasteiger charge is -2.22. The van der Waals surface area contributed by atoms with Crippen LogP contribution in [0.5, 0.6) is 0 Å². The highest BCUT2D eigenvalue weighted by atomic mass is 32.1. The summed E-state index contributed by atoms with van der Waals surface area (Å²) < 4.78 is 5.10. The number of hydrogen-bond acceptors (Lipinski definition) is 4. The first-order chi connectivity index (χ1) is 8.65. The lowest BCUT2D eigenvalue weighted by Crippen LogP contribution is -2.35. The molecule has 0 radical (unpaired) electrons. The molecule has 18 heavy (non-hydrogen) atoms. The van der Waals surface area contributed by atoms with E-state index < -0.39 is 0 Å². The molecule has 0 aliphatic carbocycles. The molecule has 0 spiro atoms. The molecule has 1 amide bonds. The zero-order valence-corrected chi connectivity index (χ0v) is 11.9. The number of methoxy groups -OCH3 is 1. The van der Waals surface area contributed by atoms with E-state index in [9.17, 15) is 4.79 Å². The Bertz CT molecular complexity index is 392. The third-order valence-electron chi connectivity index (χ3n) is 3.21. The smallest absolute Gasteiger partial charge is 0.241 e. The Balaban J connectivity index is 2.18. The van der Waals surface area contributed by atoms with E-state index in [1.165, 1.54) is 4.88 Å². The van der Waals surface area contributed by atoms with Gasteiger partial charge in [-0.3, -0.25) is 10.1 Å². The largest absolute Gasteiger partial charge is 0.383 e. The van der Waals surface area contributed by atoms with Crippen molar-refractivity contribution in [3.8, 4) is 0 Å². The van der Waals surface area contributed by atoms with Gasteiger partial charge in [0, 0.05) is 18.5 Å². The molecule has 100 valence electrons. The van der Waals surface area contributed by atoms with Gasteiger partial charge in [-0.05, 0) is 17.4 Å². The van der Waals surface area contributed by atoms with Crippen LogP contribution >= 0.6 is 11.3 Å². The van der Waals surface area contributed by atoms with Gasteiger partial charge in [0.05, 0.1) is 12.6 Å². The van der Waals surface area contributed by atoms with Gasteiger partial charge in [-0.25, -0.2) is 0 Å². The second-order valence-corrected chi connectivity index (χ2v) is 5.81. The summed E-state index contributed by atoms with van der Waals surface area (Å²) in [4.78, 5) is 15.4. The summed E-state index contributed by atoms with van der Waals surface area (Å²) in [7, 11) is 1.66.